The minimum Gasteiger partial charge on any atom is -0.252 e. The molecule has 74 valence electrons. The number of aromatic nitrogens is 3. The van der Waals surface area contributed by atoms with Gasteiger partial charge in [-0.1, -0.05) is 12.1 Å². The Bertz CT molecular complexity index is 251. The van der Waals surface area contributed by atoms with Crippen molar-refractivity contribution in [1.29, 1.82) is 0 Å². The predicted molar refractivity (Wildman–Crippen MR) is 49.5 cm³/mol. The Morgan fingerprint density at radius 2 is 2.46 bits per heavy atom. The number of alkyl halides is 2. The summed E-state index contributed by atoms with van der Waals surface area (Å²) in [6, 6.07) is 0. The van der Waals surface area contributed by atoms with Gasteiger partial charge in [0, 0.05) is 12.7 Å². The third-order valence-electron chi connectivity index (χ3n) is 1.76. The summed E-state index contributed by atoms with van der Waals surface area (Å²) in [5.41, 5.74) is 0.767. The van der Waals surface area contributed by atoms with Gasteiger partial charge in [-0.05, 0) is 12.8 Å². The van der Waals surface area contributed by atoms with E-state index in [0.717, 1.165) is 12.1 Å². The highest BCUT2D eigenvalue weighted by molar-refractivity contribution is 6.20. The first-order valence-corrected chi connectivity index (χ1v) is 4.81. The molecule has 0 N–H and O–H groups in total. The largest absolute Gasteiger partial charge is 0.252 e. The van der Waals surface area contributed by atoms with Gasteiger partial charge < -0.3 is 0 Å². The monoisotopic (exact) mass is 205 g/mol. The van der Waals surface area contributed by atoms with Crippen LogP contribution in [0.3, 0.4) is 0 Å². The summed E-state index contributed by atoms with van der Waals surface area (Å²) in [4.78, 5) is 0. The van der Waals surface area contributed by atoms with Gasteiger partial charge in [-0.3, -0.25) is 9.07 Å². The Hall–Kier alpha value is -0.640. The predicted octanol–water partition coefficient (Wildman–Crippen LogP) is 2.33. The maximum absolute atomic E-state index is 11.8. The standard InChI is InChI=1S/C8H13ClFN3/c1-2-7(9)8-6-13(12-11-8)5-3-4-10/h6-7H,2-5H2,1H3. The van der Waals surface area contributed by atoms with E-state index in [0.29, 0.717) is 13.0 Å². The van der Waals surface area contributed by atoms with Crippen molar-refractivity contribution in [2.75, 3.05) is 6.67 Å². The number of hydrogen-bond donors (Lipinski definition) is 0. The van der Waals surface area contributed by atoms with E-state index >= 15 is 0 Å². The van der Waals surface area contributed by atoms with E-state index in [2.05, 4.69) is 10.3 Å². The Morgan fingerprint density at radius 3 is 3.08 bits per heavy atom. The van der Waals surface area contributed by atoms with Crippen LogP contribution in [0.5, 0.6) is 0 Å². The van der Waals surface area contributed by atoms with Gasteiger partial charge in [0.1, 0.15) is 5.69 Å². The molecule has 0 spiro atoms. The van der Waals surface area contributed by atoms with Crippen LogP contribution < -0.4 is 0 Å². The van der Waals surface area contributed by atoms with Gasteiger partial charge >= 0.3 is 0 Å². The second kappa shape index (κ2) is 5.17. The quantitative estimate of drug-likeness (QED) is 0.691. The summed E-state index contributed by atoms with van der Waals surface area (Å²) in [6.45, 7) is 2.22. The van der Waals surface area contributed by atoms with E-state index < -0.39 is 0 Å². The van der Waals surface area contributed by atoms with Crippen molar-refractivity contribution < 1.29 is 4.39 Å². The molecule has 0 fully saturated rings. The molecule has 1 rings (SSSR count). The van der Waals surface area contributed by atoms with E-state index in [1.807, 2.05) is 6.92 Å². The average Bonchev–Trinajstić information content (AvgIpc) is 2.62. The molecule has 1 aromatic heterocycles. The number of halogens is 2. The fraction of sp³-hybridized carbons (Fsp3) is 0.750. The van der Waals surface area contributed by atoms with Crippen LogP contribution in [0.4, 0.5) is 4.39 Å². The van der Waals surface area contributed by atoms with Crippen molar-refractivity contribution in [3.8, 4) is 0 Å². The number of hydrogen-bond acceptors (Lipinski definition) is 2. The molecular weight excluding hydrogens is 193 g/mol. The zero-order chi connectivity index (χ0) is 9.68. The van der Waals surface area contributed by atoms with Crippen LogP contribution in [0.15, 0.2) is 6.20 Å². The molecule has 0 aliphatic heterocycles. The third-order valence-corrected chi connectivity index (χ3v) is 2.29. The molecule has 0 bridgehead atoms. The second-order valence-corrected chi connectivity index (χ2v) is 3.35. The normalized spacial score (nSPS) is 13.2. The maximum Gasteiger partial charge on any atom is 0.100 e. The van der Waals surface area contributed by atoms with E-state index in [1.165, 1.54) is 0 Å². The highest BCUT2D eigenvalue weighted by atomic mass is 35.5. The van der Waals surface area contributed by atoms with Crippen molar-refractivity contribution in [1.82, 2.24) is 15.0 Å². The molecule has 0 saturated heterocycles. The lowest BCUT2D eigenvalue weighted by Gasteiger charge is -1.98. The number of nitrogens with zero attached hydrogens (tertiary/aromatic N) is 3. The lowest BCUT2D eigenvalue weighted by atomic mass is 10.3. The van der Waals surface area contributed by atoms with Gasteiger partial charge in [-0.2, -0.15) is 0 Å². The Balaban J connectivity index is 2.53. The molecule has 0 aliphatic rings. The van der Waals surface area contributed by atoms with Gasteiger partial charge in [0.25, 0.3) is 0 Å². The van der Waals surface area contributed by atoms with Gasteiger partial charge in [0.2, 0.25) is 0 Å². The minimum atomic E-state index is -0.326. The smallest absolute Gasteiger partial charge is 0.100 e. The average molecular weight is 206 g/mol. The second-order valence-electron chi connectivity index (χ2n) is 2.82. The van der Waals surface area contributed by atoms with Crippen LogP contribution >= 0.6 is 11.6 Å². The molecule has 1 aromatic rings. The van der Waals surface area contributed by atoms with Crippen LogP contribution in [-0.4, -0.2) is 21.7 Å². The first kappa shape index (κ1) is 10.4. The molecule has 0 radical (unpaired) electrons. The van der Waals surface area contributed by atoms with E-state index in [-0.39, 0.29) is 12.1 Å². The molecule has 1 atom stereocenters. The molecule has 0 aliphatic carbocycles. The van der Waals surface area contributed by atoms with Crippen LogP contribution in [-0.2, 0) is 6.54 Å². The zero-order valence-corrected chi connectivity index (χ0v) is 8.34. The maximum atomic E-state index is 11.8. The van der Waals surface area contributed by atoms with Gasteiger partial charge in [-0.15, -0.1) is 16.7 Å². The van der Waals surface area contributed by atoms with E-state index in [4.69, 9.17) is 11.6 Å². The van der Waals surface area contributed by atoms with Crippen molar-refractivity contribution in [3.05, 3.63) is 11.9 Å². The molecular formula is C8H13ClFN3. The summed E-state index contributed by atoms with van der Waals surface area (Å²) in [7, 11) is 0. The molecule has 1 unspecified atom stereocenters. The SMILES string of the molecule is CCC(Cl)c1cn(CCCF)nn1. The molecule has 13 heavy (non-hydrogen) atoms. The first-order chi connectivity index (χ1) is 6.27. The third kappa shape index (κ3) is 2.95. The fourth-order valence-electron chi connectivity index (χ4n) is 0.997. The summed E-state index contributed by atoms with van der Waals surface area (Å²) >= 11 is 5.95. The van der Waals surface area contributed by atoms with Gasteiger partial charge in [-0.25, -0.2) is 0 Å². The number of rotatable bonds is 5. The summed E-state index contributed by atoms with van der Waals surface area (Å²) < 4.78 is 13.4. The lowest BCUT2D eigenvalue weighted by molar-refractivity contribution is 0.431. The molecule has 5 heteroatoms. The Labute approximate surface area is 81.9 Å². The Morgan fingerprint density at radius 1 is 1.69 bits per heavy atom. The van der Waals surface area contributed by atoms with Gasteiger partial charge in [0.05, 0.1) is 12.1 Å². The fourth-order valence-corrected chi connectivity index (χ4v) is 1.10. The lowest BCUT2D eigenvalue weighted by Crippen LogP contribution is -1.99. The van der Waals surface area contributed by atoms with Crippen molar-refractivity contribution in [2.45, 2.75) is 31.7 Å². The van der Waals surface area contributed by atoms with Gasteiger partial charge in [0.15, 0.2) is 0 Å². The molecule has 1 heterocycles. The summed E-state index contributed by atoms with van der Waals surface area (Å²) in [5.74, 6) is 0. The Kier molecular flexibility index (Phi) is 4.15. The van der Waals surface area contributed by atoms with Crippen LogP contribution in [0.2, 0.25) is 0 Å². The highest BCUT2D eigenvalue weighted by Crippen LogP contribution is 2.20. The first-order valence-electron chi connectivity index (χ1n) is 4.38. The van der Waals surface area contributed by atoms with Crippen LogP contribution in [0.25, 0.3) is 0 Å². The topological polar surface area (TPSA) is 30.7 Å². The van der Waals surface area contributed by atoms with E-state index in [9.17, 15) is 4.39 Å². The highest BCUT2D eigenvalue weighted by Gasteiger charge is 2.09. The minimum absolute atomic E-state index is 0.0841. The molecule has 0 aromatic carbocycles. The van der Waals surface area contributed by atoms with Crippen LogP contribution in [0, 0.1) is 0 Å². The summed E-state index contributed by atoms with van der Waals surface area (Å²) in [5, 5.41) is 7.65. The van der Waals surface area contributed by atoms with Crippen molar-refractivity contribution in [3.63, 3.8) is 0 Å². The van der Waals surface area contributed by atoms with Crippen molar-refractivity contribution >= 4 is 11.6 Å². The molecule has 0 saturated carbocycles. The summed E-state index contributed by atoms with van der Waals surface area (Å²) in [6.07, 6.45) is 3.07. The molecule has 3 nitrogen and oxygen atoms in total. The number of aryl methyl sites for hydroxylation is 1. The molecule has 0 amide bonds. The zero-order valence-electron chi connectivity index (χ0n) is 7.58. The van der Waals surface area contributed by atoms with Crippen LogP contribution in [0.1, 0.15) is 30.8 Å². The van der Waals surface area contributed by atoms with Crippen molar-refractivity contribution in [2.24, 2.45) is 0 Å². The van der Waals surface area contributed by atoms with E-state index in [1.54, 1.807) is 10.9 Å².